The number of nitrogens with zero attached hydrogens (tertiary/aromatic N) is 2. The molecule has 3 rings (SSSR count). The van der Waals surface area contributed by atoms with Gasteiger partial charge in [-0.1, -0.05) is 38.1 Å². The molecule has 2 N–H and O–H groups in total. The van der Waals surface area contributed by atoms with E-state index in [0.29, 0.717) is 20.9 Å². The van der Waals surface area contributed by atoms with Crippen molar-refractivity contribution in [3.8, 4) is 0 Å². The molecule has 2 unspecified atom stereocenters. The molecule has 0 saturated heterocycles. The van der Waals surface area contributed by atoms with Crippen LogP contribution in [-0.4, -0.2) is 43.5 Å². The van der Waals surface area contributed by atoms with E-state index in [0.717, 1.165) is 0 Å². The second kappa shape index (κ2) is 12.6. The van der Waals surface area contributed by atoms with Crippen LogP contribution in [0.3, 0.4) is 0 Å². The molecule has 0 spiro atoms. The molecule has 0 saturated carbocycles. The van der Waals surface area contributed by atoms with Gasteiger partial charge in [-0.15, -0.1) is 23.5 Å². The van der Waals surface area contributed by atoms with E-state index in [9.17, 15) is 40.0 Å². The monoisotopic (exact) mass is 556 g/mol. The molecular formula is C26H24N2O8S2. The highest BCUT2D eigenvalue weighted by Crippen LogP contribution is 2.40. The highest BCUT2D eigenvalue weighted by atomic mass is 32.2. The average Bonchev–Trinajstić information content (AvgIpc) is 2.89. The SMILES string of the molecule is CC(CSc1ccccc1[N+](=O)[O-])c1c(C(=O)O)ccc(C(=O)O)c1C(C)CSc1ccccc1[N+](=O)[O-]. The van der Waals surface area contributed by atoms with E-state index in [4.69, 9.17) is 0 Å². The highest BCUT2D eigenvalue weighted by molar-refractivity contribution is 7.99. The summed E-state index contributed by atoms with van der Waals surface area (Å²) in [5, 5.41) is 42.7. The van der Waals surface area contributed by atoms with Gasteiger partial charge in [-0.25, -0.2) is 9.59 Å². The Morgan fingerprint density at radius 2 is 1.05 bits per heavy atom. The fourth-order valence-electron chi connectivity index (χ4n) is 4.13. The topological polar surface area (TPSA) is 161 Å². The van der Waals surface area contributed by atoms with E-state index in [1.54, 1.807) is 50.2 Å². The van der Waals surface area contributed by atoms with Crippen molar-refractivity contribution in [1.29, 1.82) is 0 Å². The third-order valence-electron chi connectivity index (χ3n) is 5.84. The van der Waals surface area contributed by atoms with Crippen LogP contribution in [0.4, 0.5) is 11.4 Å². The molecule has 0 aromatic heterocycles. The van der Waals surface area contributed by atoms with Gasteiger partial charge in [0.2, 0.25) is 0 Å². The molecule has 0 aliphatic carbocycles. The van der Waals surface area contributed by atoms with E-state index >= 15 is 0 Å². The molecule has 0 amide bonds. The molecule has 3 aromatic rings. The van der Waals surface area contributed by atoms with Crippen LogP contribution in [0.2, 0.25) is 0 Å². The van der Waals surface area contributed by atoms with E-state index in [1.165, 1.54) is 47.8 Å². The van der Waals surface area contributed by atoms with E-state index in [-0.39, 0.29) is 34.0 Å². The smallest absolute Gasteiger partial charge is 0.335 e. The summed E-state index contributed by atoms with van der Waals surface area (Å²) in [6, 6.07) is 14.9. The summed E-state index contributed by atoms with van der Waals surface area (Å²) in [6.07, 6.45) is 0. The van der Waals surface area contributed by atoms with Crippen molar-refractivity contribution in [2.75, 3.05) is 11.5 Å². The number of hydrogen-bond acceptors (Lipinski definition) is 8. The zero-order valence-corrected chi connectivity index (χ0v) is 22.0. The molecule has 3 aromatic carbocycles. The minimum atomic E-state index is -1.22. The van der Waals surface area contributed by atoms with Gasteiger partial charge in [0.15, 0.2) is 0 Å². The van der Waals surface area contributed by atoms with Crippen LogP contribution in [0, 0.1) is 20.2 Å². The van der Waals surface area contributed by atoms with Gasteiger partial charge < -0.3 is 10.2 Å². The van der Waals surface area contributed by atoms with Gasteiger partial charge in [0.25, 0.3) is 11.4 Å². The second-order valence-corrected chi connectivity index (χ2v) is 10.6. The van der Waals surface area contributed by atoms with Crippen LogP contribution in [0.15, 0.2) is 70.5 Å². The Kier molecular flexibility index (Phi) is 9.48. The zero-order chi connectivity index (χ0) is 28.0. The van der Waals surface area contributed by atoms with E-state index < -0.39 is 33.6 Å². The fourth-order valence-corrected chi connectivity index (χ4v) is 6.25. The van der Waals surface area contributed by atoms with Gasteiger partial charge in [0.1, 0.15) is 0 Å². The molecule has 0 aliphatic heterocycles. The Labute approximate surface area is 226 Å². The summed E-state index contributed by atoms with van der Waals surface area (Å²) in [7, 11) is 0. The van der Waals surface area contributed by atoms with Crippen LogP contribution >= 0.6 is 23.5 Å². The minimum absolute atomic E-state index is 0.0526. The predicted molar refractivity (Wildman–Crippen MR) is 145 cm³/mol. The first-order valence-electron chi connectivity index (χ1n) is 11.4. The third kappa shape index (κ3) is 6.50. The van der Waals surface area contributed by atoms with Gasteiger partial charge in [-0.05, 0) is 47.2 Å². The highest BCUT2D eigenvalue weighted by Gasteiger charge is 2.28. The molecule has 0 radical (unpaired) electrons. The van der Waals surface area contributed by atoms with Gasteiger partial charge in [-0.3, -0.25) is 20.2 Å². The van der Waals surface area contributed by atoms with Crippen LogP contribution in [-0.2, 0) is 0 Å². The van der Waals surface area contributed by atoms with E-state index in [1.807, 2.05) is 0 Å². The lowest BCUT2D eigenvalue weighted by atomic mass is 9.83. The number of thioether (sulfide) groups is 2. The number of hydrogen-bond donors (Lipinski definition) is 2. The molecule has 0 aliphatic rings. The summed E-state index contributed by atoms with van der Waals surface area (Å²) in [5.74, 6) is -2.91. The van der Waals surface area contributed by atoms with Crippen molar-refractivity contribution < 1.29 is 29.6 Å². The first-order valence-corrected chi connectivity index (χ1v) is 13.4. The van der Waals surface area contributed by atoms with Crippen molar-refractivity contribution in [2.24, 2.45) is 0 Å². The van der Waals surface area contributed by atoms with Crippen molar-refractivity contribution in [3.05, 3.63) is 103 Å². The molecule has 0 fully saturated rings. The predicted octanol–water partition coefficient (Wildman–Crippen LogP) is 6.69. The van der Waals surface area contributed by atoms with Crippen LogP contribution in [0.1, 0.15) is 57.5 Å². The maximum Gasteiger partial charge on any atom is 0.335 e. The summed E-state index contributed by atoms with van der Waals surface area (Å²) >= 11 is 2.37. The van der Waals surface area contributed by atoms with E-state index in [2.05, 4.69) is 0 Å². The fraction of sp³-hybridized carbons (Fsp3) is 0.231. The molecule has 12 heteroatoms. The third-order valence-corrected chi connectivity index (χ3v) is 8.48. The van der Waals surface area contributed by atoms with Crippen LogP contribution in [0.5, 0.6) is 0 Å². The largest absolute Gasteiger partial charge is 0.478 e. The lowest BCUT2D eigenvalue weighted by Crippen LogP contribution is -2.17. The Hall–Kier alpha value is -3.90. The van der Waals surface area contributed by atoms with Gasteiger partial charge in [0.05, 0.1) is 30.8 Å². The minimum Gasteiger partial charge on any atom is -0.478 e. The quantitative estimate of drug-likeness (QED) is 0.140. The maximum atomic E-state index is 12.2. The number of aromatic carboxylic acids is 2. The molecule has 198 valence electrons. The lowest BCUT2D eigenvalue weighted by Gasteiger charge is -2.24. The number of nitro benzene ring substituents is 2. The van der Waals surface area contributed by atoms with Crippen molar-refractivity contribution in [1.82, 2.24) is 0 Å². The van der Waals surface area contributed by atoms with Gasteiger partial charge in [-0.2, -0.15) is 0 Å². The van der Waals surface area contributed by atoms with Crippen molar-refractivity contribution in [2.45, 2.75) is 35.5 Å². The molecular weight excluding hydrogens is 532 g/mol. The average molecular weight is 557 g/mol. The number of benzene rings is 3. The standard InChI is InChI=1S/C26H24N2O8S2/c1-15(13-37-21-9-5-3-7-19(21)27(33)34)23-17(25(29)30)11-12-18(26(31)32)24(23)16(2)14-38-22-10-6-4-8-20(22)28(35)36/h3-12,15-16H,13-14H2,1-2H3,(H,29,30)(H,31,32). The lowest BCUT2D eigenvalue weighted by molar-refractivity contribution is -0.387. The maximum absolute atomic E-state index is 12.2. The number of carboxylic acids is 2. The first-order chi connectivity index (χ1) is 18.0. The number of carbonyl (C=O) groups is 2. The first kappa shape index (κ1) is 28.7. The van der Waals surface area contributed by atoms with Gasteiger partial charge >= 0.3 is 11.9 Å². The second-order valence-electron chi connectivity index (χ2n) is 8.47. The molecule has 2 atom stereocenters. The van der Waals surface area contributed by atoms with Crippen LogP contribution < -0.4 is 0 Å². The molecule has 0 heterocycles. The molecule has 10 nitrogen and oxygen atoms in total. The zero-order valence-electron chi connectivity index (χ0n) is 20.4. The number of para-hydroxylation sites is 2. The Balaban J connectivity index is 2.01. The van der Waals surface area contributed by atoms with Crippen LogP contribution in [0.25, 0.3) is 0 Å². The van der Waals surface area contributed by atoms with Crippen molar-refractivity contribution in [3.63, 3.8) is 0 Å². The Bertz CT molecular complexity index is 1290. The summed E-state index contributed by atoms with van der Waals surface area (Å²) < 4.78 is 0. The number of carboxylic acid groups (broad SMARTS) is 2. The number of nitro groups is 2. The summed E-state index contributed by atoms with van der Waals surface area (Å²) in [4.78, 5) is 47.0. The van der Waals surface area contributed by atoms with Gasteiger partial charge in [0, 0.05) is 23.6 Å². The molecule has 38 heavy (non-hydrogen) atoms. The number of rotatable bonds is 12. The Morgan fingerprint density at radius 3 is 1.37 bits per heavy atom. The summed E-state index contributed by atoms with van der Waals surface area (Å²) in [5.41, 5.74) is 0.415. The van der Waals surface area contributed by atoms with Crippen molar-refractivity contribution >= 4 is 46.8 Å². The summed E-state index contributed by atoms with van der Waals surface area (Å²) in [6.45, 7) is 3.50. The molecule has 0 bridgehead atoms. The Morgan fingerprint density at radius 1 is 0.711 bits per heavy atom. The normalized spacial score (nSPS) is 12.5.